The molecule has 0 radical (unpaired) electrons. The van der Waals surface area contributed by atoms with Gasteiger partial charge >= 0.3 is 6.03 Å². The van der Waals surface area contributed by atoms with Crippen molar-refractivity contribution in [2.45, 2.75) is 6.04 Å². The van der Waals surface area contributed by atoms with Crippen LogP contribution in [-0.2, 0) is 9.59 Å². The summed E-state index contributed by atoms with van der Waals surface area (Å²) in [5.74, 6) is -2.84. The second kappa shape index (κ2) is 7.93. The Kier molecular flexibility index (Phi) is 5.30. The predicted molar refractivity (Wildman–Crippen MR) is 113 cm³/mol. The first-order chi connectivity index (χ1) is 14.8. The standard InChI is InChI=1S/C21H18ClN5O4/c1-25-19(28)15(20(29)26(2)21(25)30)17-16(12-6-4-3-5-7-12)23-24-18(27(17)31)13-8-10-14(22)11-9-13/h3-11,15,17,31H,1-2H3. The van der Waals surface area contributed by atoms with Crippen molar-refractivity contribution in [3.8, 4) is 0 Å². The Hall–Kier alpha value is -3.56. The fourth-order valence-corrected chi connectivity index (χ4v) is 3.71. The lowest BCUT2D eigenvalue weighted by Gasteiger charge is -2.40. The maximum atomic E-state index is 13.0. The molecule has 2 aliphatic rings. The monoisotopic (exact) mass is 439 g/mol. The van der Waals surface area contributed by atoms with E-state index < -0.39 is 29.8 Å². The van der Waals surface area contributed by atoms with Gasteiger partial charge in [-0.1, -0.05) is 41.9 Å². The quantitative estimate of drug-likeness (QED) is 0.738. The molecule has 1 N–H and O–H groups in total. The molecule has 1 fully saturated rings. The fraction of sp³-hybridized carbons (Fsp3) is 0.190. The zero-order valence-corrected chi connectivity index (χ0v) is 17.4. The molecule has 2 aliphatic heterocycles. The van der Waals surface area contributed by atoms with Crippen LogP contribution >= 0.6 is 11.6 Å². The van der Waals surface area contributed by atoms with E-state index in [1.54, 1.807) is 54.6 Å². The maximum absolute atomic E-state index is 13.0. The minimum Gasteiger partial charge on any atom is -0.286 e. The van der Waals surface area contributed by atoms with E-state index in [4.69, 9.17) is 11.6 Å². The lowest BCUT2D eigenvalue weighted by Crippen LogP contribution is -2.64. The van der Waals surface area contributed by atoms with Crippen LogP contribution in [-0.4, -0.2) is 69.6 Å². The minimum absolute atomic E-state index is 0.0455. The summed E-state index contributed by atoms with van der Waals surface area (Å²) in [4.78, 5) is 39.9. The number of halogens is 1. The molecular formula is C21H18ClN5O4. The van der Waals surface area contributed by atoms with Gasteiger partial charge in [0, 0.05) is 30.2 Å². The molecule has 158 valence electrons. The third-order valence-electron chi connectivity index (χ3n) is 5.27. The summed E-state index contributed by atoms with van der Waals surface area (Å²) in [5.41, 5.74) is 1.29. The van der Waals surface area contributed by atoms with Crippen LogP contribution in [0, 0.1) is 5.92 Å². The van der Waals surface area contributed by atoms with Crippen molar-refractivity contribution in [1.29, 1.82) is 0 Å². The number of carbonyl (C=O) groups excluding carboxylic acids is 3. The van der Waals surface area contributed by atoms with Crippen molar-refractivity contribution in [1.82, 2.24) is 14.9 Å². The van der Waals surface area contributed by atoms with Crippen molar-refractivity contribution in [2.75, 3.05) is 14.1 Å². The first-order valence-corrected chi connectivity index (χ1v) is 9.73. The van der Waals surface area contributed by atoms with Crippen LogP contribution < -0.4 is 0 Å². The molecule has 4 amide bonds. The third kappa shape index (κ3) is 3.47. The summed E-state index contributed by atoms with van der Waals surface area (Å²) < 4.78 is 0. The van der Waals surface area contributed by atoms with Crippen molar-refractivity contribution < 1.29 is 19.6 Å². The average Bonchev–Trinajstić information content (AvgIpc) is 2.79. The number of carbonyl (C=O) groups is 3. The van der Waals surface area contributed by atoms with E-state index in [0.29, 0.717) is 16.1 Å². The van der Waals surface area contributed by atoms with E-state index in [2.05, 4.69) is 10.2 Å². The molecule has 1 unspecified atom stereocenters. The summed E-state index contributed by atoms with van der Waals surface area (Å²) in [6.07, 6.45) is 0. The highest BCUT2D eigenvalue weighted by Crippen LogP contribution is 2.28. The Labute approximate surface area is 182 Å². The number of imide groups is 2. The zero-order chi connectivity index (χ0) is 22.3. The summed E-state index contributed by atoms with van der Waals surface area (Å²) >= 11 is 5.95. The van der Waals surface area contributed by atoms with Gasteiger partial charge in [0.2, 0.25) is 11.8 Å². The SMILES string of the molecule is CN1C(=O)C(C2C(c3ccccc3)=NN=C(c3ccc(Cl)cc3)N2O)C(=O)N(C)C1=O. The van der Waals surface area contributed by atoms with E-state index in [9.17, 15) is 19.6 Å². The van der Waals surface area contributed by atoms with E-state index in [-0.39, 0.29) is 11.5 Å². The number of urea groups is 1. The molecular weight excluding hydrogens is 422 g/mol. The van der Waals surface area contributed by atoms with Crippen molar-refractivity contribution in [2.24, 2.45) is 16.1 Å². The fourth-order valence-electron chi connectivity index (χ4n) is 3.59. The Bertz CT molecular complexity index is 1090. The lowest BCUT2D eigenvalue weighted by molar-refractivity contribution is -0.154. The van der Waals surface area contributed by atoms with Crippen molar-refractivity contribution in [3.63, 3.8) is 0 Å². The van der Waals surface area contributed by atoms with Gasteiger partial charge in [-0.05, 0) is 24.3 Å². The summed E-state index contributed by atoms with van der Waals surface area (Å²) in [7, 11) is 2.58. The van der Waals surface area contributed by atoms with Crippen LogP contribution in [0.5, 0.6) is 0 Å². The largest absolute Gasteiger partial charge is 0.332 e. The normalized spacial score (nSPS) is 20.2. The minimum atomic E-state index is -1.41. The topological polar surface area (TPSA) is 106 Å². The number of amidine groups is 1. The van der Waals surface area contributed by atoms with Crippen molar-refractivity contribution in [3.05, 3.63) is 70.7 Å². The number of barbiturate groups is 1. The molecule has 4 rings (SSSR count). The maximum Gasteiger partial charge on any atom is 0.332 e. The van der Waals surface area contributed by atoms with Crippen molar-refractivity contribution >= 4 is 41.0 Å². The molecule has 2 aromatic rings. The van der Waals surface area contributed by atoms with Crippen LogP contribution in [0.2, 0.25) is 5.02 Å². The zero-order valence-electron chi connectivity index (χ0n) is 16.6. The molecule has 2 aromatic carbocycles. The third-order valence-corrected chi connectivity index (χ3v) is 5.52. The van der Waals surface area contributed by atoms with Gasteiger partial charge in [0.1, 0.15) is 12.0 Å². The molecule has 31 heavy (non-hydrogen) atoms. The van der Waals surface area contributed by atoms with Gasteiger partial charge in [-0.25, -0.2) is 9.86 Å². The molecule has 2 heterocycles. The Morgan fingerprint density at radius 1 is 0.839 bits per heavy atom. The second-order valence-electron chi connectivity index (χ2n) is 7.13. The van der Waals surface area contributed by atoms with E-state index in [1.165, 1.54) is 14.1 Å². The summed E-state index contributed by atoms with van der Waals surface area (Å²) in [5, 5.41) is 20.8. The van der Waals surface area contributed by atoms with Crippen LogP contribution in [0.15, 0.2) is 64.8 Å². The summed E-state index contributed by atoms with van der Waals surface area (Å²) in [6, 6.07) is 13.4. The number of amides is 4. The number of rotatable bonds is 3. The molecule has 0 spiro atoms. The van der Waals surface area contributed by atoms with Crippen LogP contribution in [0.25, 0.3) is 0 Å². The number of hydrogen-bond acceptors (Lipinski definition) is 7. The average molecular weight is 440 g/mol. The van der Waals surface area contributed by atoms with E-state index in [1.807, 2.05) is 0 Å². The number of nitrogens with zero attached hydrogens (tertiary/aromatic N) is 5. The predicted octanol–water partition coefficient (Wildman–Crippen LogP) is 2.23. The molecule has 10 heteroatoms. The first kappa shape index (κ1) is 20.7. The highest BCUT2D eigenvalue weighted by Gasteiger charge is 2.52. The van der Waals surface area contributed by atoms with Gasteiger partial charge < -0.3 is 0 Å². The number of hydrogen-bond donors (Lipinski definition) is 1. The molecule has 0 saturated carbocycles. The molecule has 9 nitrogen and oxygen atoms in total. The van der Waals surface area contributed by atoms with E-state index >= 15 is 0 Å². The Morgan fingerprint density at radius 2 is 1.42 bits per heavy atom. The smallest absolute Gasteiger partial charge is 0.286 e. The van der Waals surface area contributed by atoms with Gasteiger partial charge in [0.15, 0.2) is 5.84 Å². The Morgan fingerprint density at radius 3 is 2.00 bits per heavy atom. The van der Waals surface area contributed by atoms with Crippen LogP contribution in [0.4, 0.5) is 4.79 Å². The van der Waals surface area contributed by atoms with E-state index in [0.717, 1.165) is 14.9 Å². The second-order valence-corrected chi connectivity index (χ2v) is 7.56. The number of hydroxylamine groups is 2. The molecule has 1 saturated heterocycles. The van der Waals surface area contributed by atoms with Crippen LogP contribution in [0.1, 0.15) is 11.1 Å². The first-order valence-electron chi connectivity index (χ1n) is 9.35. The van der Waals surface area contributed by atoms with Gasteiger partial charge in [0.25, 0.3) is 0 Å². The van der Waals surface area contributed by atoms with Crippen LogP contribution in [0.3, 0.4) is 0 Å². The molecule has 0 bridgehead atoms. The van der Waals surface area contributed by atoms with Gasteiger partial charge in [-0.2, -0.15) is 5.10 Å². The Balaban J connectivity index is 1.85. The molecule has 0 aromatic heterocycles. The highest BCUT2D eigenvalue weighted by atomic mass is 35.5. The lowest BCUT2D eigenvalue weighted by atomic mass is 9.87. The van der Waals surface area contributed by atoms with Gasteiger partial charge in [0.05, 0.1) is 5.71 Å². The molecule has 1 atom stereocenters. The molecule has 0 aliphatic carbocycles. The van der Waals surface area contributed by atoms with Gasteiger partial charge in [-0.15, -0.1) is 5.10 Å². The van der Waals surface area contributed by atoms with Gasteiger partial charge in [-0.3, -0.25) is 24.6 Å². The number of benzene rings is 2. The summed E-state index contributed by atoms with van der Waals surface area (Å²) in [6.45, 7) is 0. The highest BCUT2D eigenvalue weighted by molar-refractivity contribution is 6.30.